The fraction of sp³-hybridized carbons (Fsp3) is 0.217. The van der Waals surface area contributed by atoms with Crippen LogP contribution in [-0.4, -0.2) is 34.8 Å². The van der Waals surface area contributed by atoms with Crippen molar-refractivity contribution in [2.24, 2.45) is 0 Å². The minimum absolute atomic E-state index is 0.0286. The third kappa shape index (κ3) is 3.91. The van der Waals surface area contributed by atoms with Crippen LogP contribution in [-0.2, 0) is 9.59 Å². The number of aliphatic hydroxyl groups excluding tert-OH is 1. The highest BCUT2D eigenvalue weighted by Gasteiger charge is 2.45. The fourth-order valence-electron chi connectivity index (χ4n) is 3.38. The molecule has 0 bridgehead atoms. The minimum atomic E-state index is -0.736. The number of aryl methyl sites for hydroxylation is 1. The number of likely N-dealkylation sites (tertiary alicyclic amines) is 1. The number of rotatable bonds is 6. The second-order valence-electron chi connectivity index (χ2n) is 6.73. The summed E-state index contributed by atoms with van der Waals surface area (Å²) in [4.78, 5) is 26.8. The standard InChI is InChI=1S/C23H22ClNO4/c1-4-12-25-20(15-8-6-14(3)7-9-15)19(22(27)23(25)28)21(26)16-10-11-18(29-5-2)17(24)13-16/h4,6-11,13,20,26H,1,5,12H2,2-3H3/b21-19+. The lowest BCUT2D eigenvalue weighted by molar-refractivity contribution is -0.139. The topological polar surface area (TPSA) is 66.8 Å². The number of ketones is 1. The van der Waals surface area contributed by atoms with Crippen molar-refractivity contribution in [2.45, 2.75) is 19.9 Å². The Morgan fingerprint density at radius 3 is 2.52 bits per heavy atom. The molecular formula is C23H22ClNO4. The van der Waals surface area contributed by atoms with Crippen molar-refractivity contribution in [3.05, 3.63) is 82.4 Å². The summed E-state index contributed by atoms with van der Waals surface area (Å²) < 4.78 is 5.42. The molecule has 1 fully saturated rings. The Balaban J connectivity index is 2.15. The van der Waals surface area contributed by atoms with Crippen LogP contribution < -0.4 is 4.74 Å². The molecule has 1 amide bonds. The van der Waals surface area contributed by atoms with Crippen LogP contribution in [0.4, 0.5) is 0 Å². The van der Waals surface area contributed by atoms with E-state index in [1.807, 2.05) is 38.1 Å². The summed E-state index contributed by atoms with van der Waals surface area (Å²) in [5.74, 6) is -1.20. The average molecular weight is 412 g/mol. The van der Waals surface area contributed by atoms with Gasteiger partial charge in [0.1, 0.15) is 11.5 Å². The molecule has 29 heavy (non-hydrogen) atoms. The van der Waals surface area contributed by atoms with E-state index in [0.717, 1.165) is 11.1 Å². The van der Waals surface area contributed by atoms with E-state index in [4.69, 9.17) is 16.3 Å². The zero-order chi connectivity index (χ0) is 21.1. The van der Waals surface area contributed by atoms with Crippen LogP contribution in [0.5, 0.6) is 5.75 Å². The maximum atomic E-state index is 12.8. The van der Waals surface area contributed by atoms with E-state index in [0.29, 0.717) is 22.9 Å². The first kappa shape index (κ1) is 20.7. The summed E-state index contributed by atoms with van der Waals surface area (Å²) in [6.07, 6.45) is 1.56. The highest BCUT2D eigenvalue weighted by molar-refractivity contribution is 6.46. The van der Waals surface area contributed by atoms with Gasteiger partial charge in [-0.3, -0.25) is 9.59 Å². The molecule has 0 aliphatic carbocycles. The maximum absolute atomic E-state index is 12.8. The summed E-state index contributed by atoms with van der Waals surface area (Å²) in [5.41, 5.74) is 2.15. The van der Waals surface area contributed by atoms with Crippen molar-refractivity contribution >= 4 is 29.1 Å². The number of hydrogen-bond acceptors (Lipinski definition) is 4. The van der Waals surface area contributed by atoms with Crippen molar-refractivity contribution in [2.75, 3.05) is 13.2 Å². The molecule has 1 N–H and O–H groups in total. The molecule has 150 valence electrons. The van der Waals surface area contributed by atoms with Gasteiger partial charge in [0.15, 0.2) is 0 Å². The van der Waals surface area contributed by atoms with Gasteiger partial charge in [-0.2, -0.15) is 0 Å². The van der Waals surface area contributed by atoms with Gasteiger partial charge in [-0.05, 0) is 37.6 Å². The second-order valence-corrected chi connectivity index (χ2v) is 7.14. The molecular weight excluding hydrogens is 390 g/mol. The summed E-state index contributed by atoms with van der Waals surface area (Å²) in [5, 5.41) is 11.3. The van der Waals surface area contributed by atoms with E-state index in [1.54, 1.807) is 18.2 Å². The number of aliphatic hydroxyl groups is 1. The van der Waals surface area contributed by atoms with Gasteiger partial charge in [0.05, 0.1) is 23.2 Å². The van der Waals surface area contributed by atoms with Crippen molar-refractivity contribution < 1.29 is 19.4 Å². The Kier molecular flexibility index (Phi) is 6.09. The number of benzene rings is 2. The van der Waals surface area contributed by atoms with Crippen molar-refractivity contribution in [1.29, 1.82) is 0 Å². The van der Waals surface area contributed by atoms with Crippen LogP contribution in [0.25, 0.3) is 5.76 Å². The highest BCUT2D eigenvalue weighted by Crippen LogP contribution is 2.40. The molecule has 0 radical (unpaired) electrons. The SMILES string of the molecule is C=CCN1C(=O)C(=O)/C(=C(/O)c2ccc(OCC)c(Cl)c2)C1c1ccc(C)cc1. The lowest BCUT2D eigenvalue weighted by Gasteiger charge is -2.24. The molecule has 1 atom stereocenters. The minimum Gasteiger partial charge on any atom is -0.507 e. The molecule has 1 saturated heterocycles. The number of carbonyl (C=O) groups is 2. The Labute approximate surface area is 174 Å². The molecule has 1 aliphatic heterocycles. The van der Waals surface area contributed by atoms with E-state index in [1.165, 1.54) is 11.0 Å². The van der Waals surface area contributed by atoms with Gasteiger partial charge < -0.3 is 14.7 Å². The molecule has 3 rings (SSSR count). The van der Waals surface area contributed by atoms with Crippen LogP contribution in [0, 0.1) is 6.92 Å². The Bertz CT molecular complexity index is 994. The zero-order valence-electron chi connectivity index (χ0n) is 16.3. The summed E-state index contributed by atoms with van der Waals surface area (Å²) in [7, 11) is 0. The predicted octanol–water partition coefficient (Wildman–Crippen LogP) is 4.65. The normalized spacial score (nSPS) is 18.2. The number of nitrogens with zero attached hydrogens (tertiary/aromatic N) is 1. The van der Waals surface area contributed by atoms with Crippen LogP contribution in [0.15, 0.2) is 60.7 Å². The molecule has 0 aromatic heterocycles. The first-order chi connectivity index (χ1) is 13.9. The van der Waals surface area contributed by atoms with Gasteiger partial charge in [-0.1, -0.05) is 47.5 Å². The van der Waals surface area contributed by atoms with Gasteiger partial charge in [-0.25, -0.2) is 0 Å². The quantitative estimate of drug-likeness (QED) is 0.325. The van der Waals surface area contributed by atoms with Crippen molar-refractivity contribution in [1.82, 2.24) is 4.90 Å². The summed E-state index contributed by atoms with van der Waals surface area (Å²) in [6, 6.07) is 11.5. The molecule has 6 heteroatoms. The monoisotopic (exact) mass is 411 g/mol. The molecule has 1 heterocycles. The molecule has 0 saturated carbocycles. The molecule has 0 spiro atoms. The number of Topliss-reactive ketones (excluding diaryl/α,β-unsaturated/α-hetero) is 1. The number of halogens is 1. The lowest BCUT2D eigenvalue weighted by atomic mass is 9.94. The van der Waals surface area contributed by atoms with E-state index in [-0.39, 0.29) is 17.9 Å². The molecule has 2 aromatic rings. The summed E-state index contributed by atoms with van der Waals surface area (Å²) >= 11 is 6.24. The van der Waals surface area contributed by atoms with E-state index in [9.17, 15) is 14.7 Å². The van der Waals surface area contributed by atoms with Crippen LogP contribution >= 0.6 is 11.6 Å². The van der Waals surface area contributed by atoms with Crippen LogP contribution in [0.3, 0.4) is 0 Å². The Morgan fingerprint density at radius 2 is 1.93 bits per heavy atom. The smallest absolute Gasteiger partial charge is 0.295 e. The predicted molar refractivity (Wildman–Crippen MR) is 113 cm³/mol. The first-order valence-electron chi connectivity index (χ1n) is 9.27. The fourth-order valence-corrected chi connectivity index (χ4v) is 3.61. The lowest BCUT2D eigenvalue weighted by Crippen LogP contribution is -2.29. The number of ether oxygens (including phenoxy) is 1. The van der Waals surface area contributed by atoms with E-state index < -0.39 is 17.7 Å². The van der Waals surface area contributed by atoms with Crippen LogP contribution in [0.1, 0.15) is 29.7 Å². The third-order valence-corrected chi connectivity index (χ3v) is 5.06. The van der Waals surface area contributed by atoms with Crippen molar-refractivity contribution in [3.8, 4) is 5.75 Å². The molecule has 2 aromatic carbocycles. The van der Waals surface area contributed by atoms with Crippen molar-refractivity contribution in [3.63, 3.8) is 0 Å². The second kappa shape index (κ2) is 8.53. The average Bonchev–Trinajstić information content (AvgIpc) is 2.95. The molecule has 1 unspecified atom stereocenters. The number of hydrogen-bond donors (Lipinski definition) is 1. The largest absolute Gasteiger partial charge is 0.507 e. The highest BCUT2D eigenvalue weighted by atomic mass is 35.5. The Hall–Kier alpha value is -3.05. The number of amides is 1. The van der Waals surface area contributed by atoms with E-state index in [2.05, 4.69) is 6.58 Å². The maximum Gasteiger partial charge on any atom is 0.295 e. The number of carbonyl (C=O) groups excluding carboxylic acids is 2. The Morgan fingerprint density at radius 1 is 1.24 bits per heavy atom. The molecule has 5 nitrogen and oxygen atoms in total. The summed E-state index contributed by atoms with van der Waals surface area (Å²) in [6.45, 7) is 8.10. The first-order valence-corrected chi connectivity index (χ1v) is 9.65. The van der Waals surface area contributed by atoms with Gasteiger partial charge in [-0.15, -0.1) is 6.58 Å². The van der Waals surface area contributed by atoms with Gasteiger partial charge in [0.2, 0.25) is 0 Å². The van der Waals surface area contributed by atoms with Gasteiger partial charge >= 0.3 is 0 Å². The van der Waals surface area contributed by atoms with E-state index >= 15 is 0 Å². The zero-order valence-corrected chi connectivity index (χ0v) is 17.1. The van der Waals surface area contributed by atoms with Gasteiger partial charge in [0.25, 0.3) is 11.7 Å². The van der Waals surface area contributed by atoms with Gasteiger partial charge in [0, 0.05) is 12.1 Å². The third-order valence-electron chi connectivity index (χ3n) is 4.76. The molecule has 1 aliphatic rings. The van der Waals surface area contributed by atoms with Crippen LogP contribution in [0.2, 0.25) is 5.02 Å².